The molecule has 1 aliphatic carbocycles. The summed E-state index contributed by atoms with van der Waals surface area (Å²) in [6, 6.07) is 10.4. The summed E-state index contributed by atoms with van der Waals surface area (Å²) in [5.74, 6) is -2.47. The number of hydrogen-bond acceptors (Lipinski definition) is 7. The molecular formula is C35H44F2O7. The van der Waals surface area contributed by atoms with Gasteiger partial charge in [0.1, 0.15) is 5.75 Å². The Morgan fingerprint density at radius 3 is 2.02 bits per heavy atom. The lowest BCUT2D eigenvalue weighted by Gasteiger charge is -2.30. The van der Waals surface area contributed by atoms with E-state index in [9.17, 15) is 9.59 Å². The molecule has 2 aromatic rings. The van der Waals surface area contributed by atoms with Crippen molar-refractivity contribution in [3.05, 3.63) is 77.9 Å². The van der Waals surface area contributed by atoms with Gasteiger partial charge in [-0.05, 0) is 80.0 Å². The first kappa shape index (κ1) is 34.9. The number of carbonyl (C=O) groups excluding carboxylic acids is 2. The van der Waals surface area contributed by atoms with E-state index < -0.39 is 36.8 Å². The van der Waals surface area contributed by atoms with Crippen LogP contribution in [-0.4, -0.2) is 55.2 Å². The molecule has 0 unspecified atom stereocenters. The Morgan fingerprint density at radius 1 is 0.886 bits per heavy atom. The number of hydrogen-bond donors (Lipinski definition) is 2. The number of ether oxygens (including phenoxy) is 3. The second-order valence-corrected chi connectivity index (χ2v) is 11.4. The van der Waals surface area contributed by atoms with Gasteiger partial charge in [0.05, 0.1) is 44.2 Å². The lowest BCUT2D eigenvalue weighted by Crippen LogP contribution is -2.24. The summed E-state index contributed by atoms with van der Waals surface area (Å²) < 4.78 is 46.7. The molecule has 2 N–H and O–H groups in total. The van der Waals surface area contributed by atoms with E-state index in [1.54, 1.807) is 36.4 Å². The van der Waals surface area contributed by atoms with Crippen molar-refractivity contribution < 1.29 is 42.8 Å². The number of esters is 2. The van der Waals surface area contributed by atoms with Gasteiger partial charge in [-0.1, -0.05) is 50.8 Å². The van der Waals surface area contributed by atoms with Crippen LogP contribution in [0.1, 0.15) is 69.8 Å². The van der Waals surface area contributed by atoms with Crippen molar-refractivity contribution in [3.63, 3.8) is 0 Å². The third-order valence-electron chi connectivity index (χ3n) is 8.17. The molecule has 0 saturated heterocycles. The minimum atomic E-state index is -0.844. The number of aliphatic hydroxyl groups is 2. The van der Waals surface area contributed by atoms with E-state index in [1.165, 1.54) is 0 Å². The molecule has 0 amide bonds. The highest BCUT2D eigenvalue weighted by Crippen LogP contribution is 2.40. The van der Waals surface area contributed by atoms with Gasteiger partial charge in [0.25, 0.3) is 0 Å². The van der Waals surface area contributed by atoms with Crippen LogP contribution in [0.4, 0.5) is 8.78 Å². The zero-order chi connectivity index (χ0) is 32.1. The first-order chi connectivity index (χ1) is 21.2. The van der Waals surface area contributed by atoms with Crippen LogP contribution in [0.25, 0.3) is 11.1 Å². The van der Waals surface area contributed by atoms with Gasteiger partial charge in [-0.25, -0.2) is 18.4 Å². The Bertz CT molecular complexity index is 1230. The van der Waals surface area contributed by atoms with Crippen LogP contribution in [0.15, 0.2) is 60.7 Å². The summed E-state index contributed by atoms with van der Waals surface area (Å²) in [5, 5.41) is 18.2. The Morgan fingerprint density at radius 2 is 1.48 bits per heavy atom. The van der Waals surface area contributed by atoms with Gasteiger partial charge in [-0.15, -0.1) is 0 Å². The highest BCUT2D eigenvalue weighted by molar-refractivity contribution is 5.88. The maximum absolute atomic E-state index is 15.3. The molecule has 240 valence electrons. The minimum absolute atomic E-state index is 0.0302. The lowest BCUT2D eigenvalue weighted by atomic mass is 9.76. The predicted molar refractivity (Wildman–Crippen MR) is 164 cm³/mol. The molecule has 0 aliphatic heterocycles. The summed E-state index contributed by atoms with van der Waals surface area (Å²) in [6.45, 7) is 8.50. The van der Waals surface area contributed by atoms with E-state index in [-0.39, 0.29) is 41.8 Å². The van der Waals surface area contributed by atoms with Crippen LogP contribution < -0.4 is 4.74 Å². The number of benzene rings is 2. The molecule has 0 spiro atoms. The summed E-state index contributed by atoms with van der Waals surface area (Å²) >= 11 is 0. The first-order valence-electron chi connectivity index (χ1n) is 15.3. The molecule has 1 fully saturated rings. The molecule has 0 bridgehead atoms. The Hall–Kier alpha value is -3.56. The van der Waals surface area contributed by atoms with Gasteiger partial charge in [0.15, 0.2) is 11.6 Å². The van der Waals surface area contributed by atoms with Gasteiger partial charge >= 0.3 is 11.9 Å². The van der Waals surface area contributed by atoms with Gasteiger partial charge < -0.3 is 24.4 Å². The molecule has 0 heterocycles. The van der Waals surface area contributed by atoms with E-state index >= 15 is 8.78 Å². The minimum Gasteiger partial charge on any atom is -0.494 e. The average molecular weight is 615 g/mol. The molecule has 9 heteroatoms. The maximum Gasteiger partial charge on any atom is 0.335 e. The monoisotopic (exact) mass is 614 g/mol. The van der Waals surface area contributed by atoms with Crippen LogP contribution in [0, 0.1) is 23.5 Å². The summed E-state index contributed by atoms with van der Waals surface area (Å²) in [6.07, 6.45) is 6.41. The smallest absolute Gasteiger partial charge is 0.335 e. The average Bonchev–Trinajstić information content (AvgIpc) is 3.05. The Kier molecular flexibility index (Phi) is 14.0. The van der Waals surface area contributed by atoms with Crippen LogP contribution in [-0.2, 0) is 19.1 Å². The zero-order valence-corrected chi connectivity index (χ0v) is 25.5. The van der Waals surface area contributed by atoms with Crippen molar-refractivity contribution in [1.29, 1.82) is 0 Å². The third kappa shape index (κ3) is 9.99. The van der Waals surface area contributed by atoms with Crippen LogP contribution in [0.5, 0.6) is 5.75 Å². The Balaban J connectivity index is 1.56. The standard InChI is InChI=1S/C35H44F2O7/c1-4-5-18-42-29-14-12-28(13-15-29)31-17-16-30(32(36)33(31)37)27-10-8-25(9-11-27)6-7-26(21-43-34(40)23(2)19-38)22-44-35(41)24(3)20-39/h12-17,25-27,38-39H,2-11,18-22H2,1H3. The van der Waals surface area contributed by atoms with Gasteiger partial charge in [0, 0.05) is 11.5 Å². The number of carbonyl (C=O) groups is 2. The van der Waals surface area contributed by atoms with E-state index in [0.29, 0.717) is 48.7 Å². The van der Waals surface area contributed by atoms with Crippen molar-refractivity contribution in [3.8, 4) is 16.9 Å². The molecule has 44 heavy (non-hydrogen) atoms. The van der Waals surface area contributed by atoms with Crippen molar-refractivity contribution in [2.75, 3.05) is 33.0 Å². The predicted octanol–water partition coefficient (Wildman–Crippen LogP) is 6.66. The van der Waals surface area contributed by atoms with Crippen molar-refractivity contribution in [2.24, 2.45) is 11.8 Å². The molecule has 1 aliphatic rings. The number of rotatable bonds is 17. The van der Waals surface area contributed by atoms with E-state index in [1.807, 2.05) is 0 Å². The Labute approximate surface area is 258 Å². The third-order valence-corrected chi connectivity index (χ3v) is 8.17. The van der Waals surface area contributed by atoms with Crippen molar-refractivity contribution in [2.45, 2.75) is 64.2 Å². The summed E-state index contributed by atoms with van der Waals surface area (Å²) in [4.78, 5) is 23.9. The molecule has 0 radical (unpaired) electrons. The quantitative estimate of drug-likeness (QED) is 0.117. The van der Waals surface area contributed by atoms with Gasteiger partial charge in [-0.2, -0.15) is 0 Å². The molecule has 7 nitrogen and oxygen atoms in total. The number of halogens is 2. The fourth-order valence-electron chi connectivity index (χ4n) is 5.34. The van der Waals surface area contributed by atoms with Crippen LogP contribution in [0.3, 0.4) is 0 Å². The highest BCUT2D eigenvalue weighted by atomic mass is 19.2. The van der Waals surface area contributed by atoms with Crippen LogP contribution in [0.2, 0.25) is 0 Å². The maximum atomic E-state index is 15.3. The fourth-order valence-corrected chi connectivity index (χ4v) is 5.34. The van der Waals surface area contributed by atoms with E-state index in [4.69, 9.17) is 24.4 Å². The van der Waals surface area contributed by atoms with Crippen molar-refractivity contribution in [1.82, 2.24) is 0 Å². The molecule has 0 atom stereocenters. The second kappa shape index (κ2) is 17.7. The summed E-state index contributed by atoms with van der Waals surface area (Å²) in [5.41, 5.74) is 1.06. The first-order valence-corrected chi connectivity index (χ1v) is 15.3. The topological polar surface area (TPSA) is 102 Å². The SMILES string of the molecule is C=C(CO)C(=O)OCC(CCC1CCC(c2ccc(-c3ccc(OCCCC)cc3)c(F)c2F)CC1)COC(=O)C(=C)CO. The van der Waals surface area contributed by atoms with Gasteiger partial charge in [-0.3, -0.25) is 0 Å². The zero-order valence-electron chi connectivity index (χ0n) is 25.5. The molecule has 1 saturated carbocycles. The fraction of sp³-hybridized carbons (Fsp3) is 0.486. The molecule has 0 aromatic heterocycles. The summed E-state index contributed by atoms with van der Waals surface area (Å²) in [7, 11) is 0. The normalized spacial score (nSPS) is 16.4. The van der Waals surface area contributed by atoms with Crippen molar-refractivity contribution >= 4 is 11.9 Å². The molecule has 3 rings (SSSR count). The molecule has 2 aromatic carbocycles. The number of unbranched alkanes of at least 4 members (excludes halogenated alkanes) is 1. The lowest BCUT2D eigenvalue weighted by molar-refractivity contribution is -0.144. The highest BCUT2D eigenvalue weighted by Gasteiger charge is 2.28. The second-order valence-electron chi connectivity index (χ2n) is 11.4. The van der Waals surface area contributed by atoms with E-state index in [2.05, 4.69) is 20.1 Å². The molecular weight excluding hydrogens is 570 g/mol. The largest absolute Gasteiger partial charge is 0.494 e. The van der Waals surface area contributed by atoms with Crippen LogP contribution >= 0.6 is 0 Å². The number of aliphatic hydroxyl groups excluding tert-OH is 2. The van der Waals surface area contributed by atoms with E-state index in [0.717, 1.165) is 32.1 Å². The van der Waals surface area contributed by atoms with Gasteiger partial charge in [0.2, 0.25) is 0 Å².